The summed E-state index contributed by atoms with van der Waals surface area (Å²) in [4.78, 5) is 35.9. The molecule has 1 aromatic rings. The molecule has 0 radical (unpaired) electrons. The highest BCUT2D eigenvalue weighted by Gasteiger charge is 2.26. The standard InChI is InChI=1S/C19H25FN2O4/c1-12(2)5-10-16(19(25)26-4)22-18(24)17(21-13(3)23)11-14-6-8-15(20)9-7-14/h5-9,16-17H,10-11H2,1-4H3,(H,21,23)(H,22,24)/t16-,17+/m1/s1. The fourth-order valence-electron chi connectivity index (χ4n) is 2.29. The Kier molecular flexibility index (Phi) is 8.48. The first kappa shape index (κ1) is 21.3. The fraction of sp³-hybridized carbons (Fsp3) is 0.421. The maximum Gasteiger partial charge on any atom is 0.328 e. The van der Waals surface area contributed by atoms with Gasteiger partial charge in [-0.15, -0.1) is 0 Å². The maximum absolute atomic E-state index is 13.0. The van der Waals surface area contributed by atoms with Crippen LogP contribution in [0, 0.1) is 5.82 Å². The van der Waals surface area contributed by atoms with Gasteiger partial charge >= 0.3 is 5.97 Å². The van der Waals surface area contributed by atoms with Crippen molar-refractivity contribution in [3.63, 3.8) is 0 Å². The molecule has 0 aliphatic rings. The summed E-state index contributed by atoms with van der Waals surface area (Å²) in [6.45, 7) is 5.06. The molecule has 1 rings (SSSR count). The number of carbonyl (C=O) groups is 3. The van der Waals surface area contributed by atoms with Crippen molar-refractivity contribution < 1.29 is 23.5 Å². The SMILES string of the molecule is COC(=O)[C@@H](CC=C(C)C)NC(=O)[C@H](Cc1ccc(F)cc1)NC(C)=O. The Bertz CT molecular complexity index is 667. The number of esters is 1. The van der Waals surface area contributed by atoms with E-state index in [-0.39, 0.29) is 24.6 Å². The second-order valence-electron chi connectivity index (χ2n) is 6.19. The number of halogens is 1. The van der Waals surface area contributed by atoms with Crippen molar-refractivity contribution in [2.24, 2.45) is 0 Å². The van der Waals surface area contributed by atoms with Crippen LogP contribution in [0.5, 0.6) is 0 Å². The second-order valence-corrected chi connectivity index (χ2v) is 6.19. The molecule has 142 valence electrons. The summed E-state index contributed by atoms with van der Waals surface area (Å²) in [7, 11) is 1.24. The summed E-state index contributed by atoms with van der Waals surface area (Å²) >= 11 is 0. The predicted octanol–water partition coefficient (Wildman–Crippen LogP) is 1.89. The zero-order valence-corrected chi connectivity index (χ0v) is 15.5. The lowest BCUT2D eigenvalue weighted by atomic mass is 10.0. The molecule has 2 N–H and O–H groups in total. The average Bonchev–Trinajstić information content (AvgIpc) is 2.58. The molecule has 6 nitrogen and oxygen atoms in total. The number of benzene rings is 1. The number of allylic oxidation sites excluding steroid dienone is 1. The molecule has 0 fully saturated rings. The van der Waals surface area contributed by atoms with Crippen LogP contribution in [0.25, 0.3) is 0 Å². The minimum atomic E-state index is -0.892. The Morgan fingerprint density at radius 3 is 2.19 bits per heavy atom. The zero-order chi connectivity index (χ0) is 19.7. The summed E-state index contributed by atoms with van der Waals surface area (Å²) in [6.07, 6.45) is 2.27. The summed E-state index contributed by atoms with van der Waals surface area (Å²) in [5.41, 5.74) is 1.68. The number of ether oxygens (including phenoxy) is 1. The molecule has 0 aliphatic heterocycles. The van der Waals surface area contributed by atoms with Gasteiger partial charge in [-0.3, -0.25) is 9.59 Å². The van der Waals surface area contributed by atoms with Crippen molar-refractivity contribution >= 4 is 17.8 Å². The van der Waals surface area contributed by atoms with Crippen LogP contribution in [0.2, 0.25) is 0 Å². The van der Waals surface area contributed by atoms with Gasteiger partial charge in [-0.2, -0.15) is 0 Å². The molecule has 1 aromatic carbocycles. The first-order chi connectivity index (χ1) is 12.2. The minimum Gasteiger partial charge on any atom is -0.467 e. The molecule has 0 bridgehead atoms. The van der Waals surface area contributed by atoms with E-state index in [2.05, 4.69) is 10.6 Å². The maximum atomic E-state index is 13.0. The van der Waals surface area contributed by atoms with Crippen LogP contribution in [0.15, 0.2) is 35.9 Å². The molecule has 26 heavy (non-hydrogen) atoms. The van der Waals surface area contributed by atoms with E-state index in [1.54, 1.807) is 12.1 Å². The minimum absolute atomic E-state index is 0.169. The van der Waals surface area contributed by atoms with Crippen LogP contribution in [0.3, 0.4) is 0 Å². The zero-order valence-electron chi connectivity index (χ0n) is 15.5. The molecule has 0 spiro atoms. The number of carbonyl (C=O) groups excluding carboxylic acids is 3. The van der Waals surface area contributed by atoms with Gasteiger partial charge in [0.1, 0.15) is 17.9 Å². The second kappa shape index (κ2) is 10.3. The number of hydrogen-bond acceptors (Lipinski definition) is 4. The summed E-state index contributed by atoms with van der Waals surface area (Å²) in [6, 6.07) is 3.90. The van der Waals surface area contributed by atoms with Crippen molar-refractivity contribution in [2.75, 3.05) is 7.11 Å². The molecule has 0 unspecified atom stereocenters. The molecular formula is C19H25FN2O4. The Labute approximate surface area is 152 Å². The third-order valence-electron chi connectivity index (χ3n) is 3.61. The van der Waals surface area contributed by atoms with Crippen molar-refractivity contribution in [1.29, 1.82) is 0 Å². The van der Waals surface area contributed by atoms with E-state index in [1.807, 2.05) is 19.9 Å². The van der Waals surface area contributed by atoms with E-state index < -0.39 is 24.0 Å². The van der Waals surface area contributed by atoms with E-state index in [9.17, 15) is 18.8 Å². The van der Waals surface area contributed by atoms with Crippen molar-refractivity contribution in [1.82, 2.24) is 10.6 Å². The van der Waals surface area contributed by atoms with Gasteiger partial charge in [-0.05, 0) is 38.0 Å². The molecular weight excluding hydrogens is 339 g/mol. The van der Waals surface area contributed by atoms with Crippen LogP contribution in [-0.2, 0) is 25.5 Å². The molecule has 0 heterocycles. The lowest BCUT2D eigenvalue weighted by molar-refractivity contribution is -0.145. The van der Waals surface area contributed by atoms with E-state index in [0.717, 1.165) is 5.57 Å². The molecule has 7 heteroatoms. The molecule has 2 atom stereocenters. The molecule has 0 aromatic heterocycles. The smallest absolute Gasteiger partial charge is 0.328 e. The Balaban J connectivity index is 2.91. The lowest BCUT2D eigenvalue weighted by Crippen LogP contribution is -2.52. The van der Waals surface area contributed by atoms with E-state index in [0.29, 0.717) is 5.56 Å². The Hall–Kier alpha value is -2.70. The molecule has 2 amide bonds. The third kappa shape index (κ3) is 7.46. The van der Waals surface area contributed by atoms with Gasteiger partial charge in [-0.1, -0.05) is 23.8 Å². The number of nitrogens with one attached hydrogen (secondary N) is 2. The van der Waals surface area contributed by atoms with Crippen LogP contribution in [0.4, 0.5) is 4.39 Å². The highest BCUT2D eigenvalue weighted by molar-refractivity contribution is 5.90. The summed E-state index contributed by atoms with van der Waals surface area (Å²) < 4.78 is 17.8. The molecule has 0 saturated heterocycles. The topological polar surface area (TPSA) is 84.5 Å². The fourth-order valence-corrected chi connectivity index (χ4v) is 2.29. The van der Waals surface area contributed by atoms with Gasteiger partial charge in [0.05, 0.1) is 7.11 Å². The summed E-state index contributed by atoms with van der Waals surface area (Å²) in [5, 5.41) is 5.17. The quantitative estimate of drug-likeness (QED) is 0.545. The van der Waals surface area contributed by atoms with Crippen LogP contribution in [0.1, 0.15) is 32.8 Å². The highest BCUT2D eigenvalue weighted by Crippen LogP contribution is 2.08. The lowest BCUT2D eigenvalue weighted by Gasteiger charge is -2.21. The van der Waals surface area contributed by atoms with Gasteiger partial charge in [0.2, 0.25) is 11.8 Å². The normalized spacial score (nSPS) is 12.5. The van der Waals surface area contributed by atoms with Crippen LogP contribution in [-0.4, -0.2) is 37.0 Å². The highest BCUT2D eigenvalue weighted by atomic mass is 19.1. The number of amides is 2. The molecule has 0 aliphatic carbocycles. The Morgan fingerprint density at radius 2 is 1.69 bits per heavy atom. The Morgan fingerprint density at radius 1 is 1.08 bits per heavy atom. The van der Waals surface area contributed by atoms with Crippen LogP contribution >= 0.6 is 0 Å². The van der Waals surface area contributed by atoms with Crippen molar-refractivity contribution in [3.8, 4) is 0 Å². The van der Waals surface area contributed by atoms with Crippen molar-refractivity contribution in [2.45, 2.75) is 45.7 Å². The first-order valence-corrected chi connectivity index (χ1v) is 8.26. The first-order valence-electron chi connectivity index (χ1n) is 8.26. The van der Waals surface area contributed by atoms with E-state index in [1.165, 1.54) is 26.2 Å². The number of methoxy groups -OCH3 is 1. The van der Waals surface area contributed by atoms with Gasteiger partial charge in [0, 0.05) is 13.3 Å². The van der Waals surface area contributed by atoms with E-state index in [4.69, 9.17) is 4.74 Å². The van der Waals surface area contributed by atoms with Crippen molar-refractivity contribution in [3.05, 3.63) is 47.3 Å². The monoisotopic (exact) mass is 364 g/mol. The predicted molar refractivity (Wildman–Crippen MR) is 95.7 cm³/mol. The largest absolute Gasteiger partial charge is 0.467 e. The van der Waals surface area contributed by atoms with Gasteiger partial charge in [-0.25, -0.2) is 9.18 Å². The van der Waals surface area contributed by atoms with Gasteiger partial charge in [0.25, 0.3) is 0 Å². The average molecular weight is 364 g/mol. The van der Waals surface area contributed by atoms with Crippen LogP contribution < -0.4 is 10.6 Å². The van der Waals surface area contributed by atoms with E-state index >= 15 is 0 Å². The summed E-state index contributed by atoms with van der Waals surface area (Å²) in [5.74, 6) is -1.85. The number of rotatable bonds is 8. The third-order valence-corrected chi connectivity index (χ3v) is 3.61. The number of hydrogen-bond donors (Lipinski definition) is 2. The van der Waals surface area contributed by atoms with Gasteiger partial charge in [0.15, 0.2) is 0 Å². The molecule has 0 saturated carbocycles. The van der Waals surface area contributed by atoms with Gasteiger partial charge < -0.3 is 15.4 Å².